The fourth-order valence-electron chi connectivity index (χ4n) is 5.99. The molecule has 1 heterocycles. The number of nitrogens with zero attached hydrogens (tertiary/aromatic N) is 1. The van der Waals surface area contributed by atoms with Crippen molar-refractivity contribution in [3.8, 4) is 16.9 Å². The highest BCUT2D eigenvalue weighted by Crippen LogP contribution is 2.41. The van der Waals surface area contributed by atoms with E-state index in [1.807, 2.05) is 24.3 Å². The fourth-order valence-corrected chi connectivity index (χ4v) is 8.29. The lowest BCUT2D eigenvalue weighted by atomic mass is 9.85. The second-order valence-electron chi connectivity index (χ2n) is 11.6. The third-order valence-electron chi connectivity index (χ3n) is 8.27. The van der Waals surface area contributed by atoms with Crippen molar-refractivity contribution in [1.29, 1.82) is 0 Å². The number of halogens is 3. The summed E-state index contributed by atoms with van der Waals surface area (Å²) in [6, 6.07) is 14.5. The zero-order chi connectivity index (χ0) is 33.2. The molecule has 0 unspecified atom stereocenters. The number of carbonyl (C=O) groups excluding carboxylic acids is 1. The van der Waals surface area contributed by atoms with Crippen LogP contribution in [0.1, 0.15) is 46.5 Å². The molecule has 0 saturated heterocycles. The maximum absolute atomic E-state index is 14.7. The Morgan fingerprint density at radius 1 is 1.02 bits per heavy atom. The van der Waals surface area contributed by atoms with Crippen LogP contribution >= 0.6 is 22.9 Å². The molecule has 0 bridgehead atoms. The standard InChI is InChI=1S/C33H33ClF2N2O6S2/c1-44-27-14-9-22(21-7-3-20(4-8-21)18-46(2,42)43)15-23(27)17-38(24-10-5-19(6-11-24)16-37-33(40)41)32(39)31-29(34)28-25(35)12-13-26(36)30(28)45-31/h3-4,7-9,12-15,19,24,37H,5-6,10-11,16-18H2,1-2H3,(H,40,41). The number of benzene rings is 3. The lowest BCUT2D eigenvalue weighted by molar-refractivity contribution is 0.0592. The molecule has 1 fully saturated rings. The molecule has 1 aliphatic carbocycles. The summed E-state index contributed by atoms with van der Waals surface area (Å²) in [6.45, 7) is 0.426. The predicted molar refractivity (Wildman–Crippen MR) is 175 cm³/mol. The van der Waals surface area contributed by atoms with E-state index in [0.29, 0.717) is 49.1 Å². The molecule has 2 amide bonds. The molecule has 46 heavy (non-hydrogen) atoms. The quantitative estimate of drug-likeness (QED) is 0.178. The van der Waals surface area contributed by atoms with E-state index in [9.17, 15) is 26.8 Å². The first kappa shape index (κ1) is 33.6. The Hall–Kier alpha value is -3.74. The van der Waals surface area contributed by atoms with Crippen LogP contribution in [-0.2, 0) is 22.1 Å². The Kier molecular flexibility index (Phi) is 10.2. The number of thiophene rings is 1. The van der Waals surface area contributed by atoms with Gasteiger partial charge in [0.1, 0.15) is 22.3 Å². The molecule has 1 aliphatic rings. The number of carboxylic acid groups (broad SMARTS) is 1. The van der Waals surface area contributed by atoms with Gasteiger partial charge in [-0.05, 0) is 72.6 Å². The first-order valence-corrected chi connectivity index (χ1v) is 17.9. The van der Waals surface area contributed by atoms with E-state index in [0.717, 1.165) is 34.6 Å². The van der Waals surface area contributed by atoms with Crippen molar-refractivity contribution in [2.24, 2.45) is 5.92 Å². The van der Waals surface area contributed by atoms with E-state index in [1.54, 1.807) is 23.1 Å². The average Bonchev–Trinajstić information content (AvgIpc) is 3.38. The normalized spacial score (nSPS) is 16.7. The van der Waals surface area contributed by atoms with Gasteiger partial charge in [-0.3, -0.25) is 4.79 Å². The topological polar surface area (TPSA) is 113 Å². The number of amides is 2. The number of hydrogen-bond acceptors (Lipinski definition) is 6. The lowest BCUT2D eigenvalue weighted by Crippen LogP contribution is -2.43. The molecule has 5 rings (SSSR count). The molecule has 0 atom stereocenters. The highest BCUT2D eigenvalue weighted by molar-refractivity contribution is 7.89. The van der Waals surface area contributed by atoms with Crippen molar-refractivity contribution < 1.29 is 36.6 Å². The van der Waals surface area contributed by atoms with Gasteiger partial charge in [0, 0.05) is 31.0 Å². The van der Waals surface area contributed by atoms with Gasteiger partial charge in [0.05, 0.1) is 28.0 Å². The summed E-state index contributed by atoms with van der Waals surface area (Å²) in [6.07, 6.45) is 2.63. The van der Waals surface area contributed by atoms with Crippen molar-refractivity contribution >= 4 is 54.9 Å². The third kappa shape index (κ3) is 7.62. The Morgan fingerprint density at radius 3 is 2.28 bits per heavy atom. The van der Waals surface area contributed by atoms with E-state index in [-0.39, 0.29) is 44.2 Å². The number of hydrogen-bond donors (Lipinski definition) is 2. The number of ether oxygens (including phenoxy) is 1. The van der Waals surface area contributed by atoms with Gasteiger partial charge in [-0.1, -0.05) is 41.9 Å². The molecule has 1 aromatic heterocycles. The van der Waals surface area contributed by atoms with Crippen molar-refractivity contribution in [3.63, 3.8) is 0 Å². The number of sulfone groups is 1. The molecule has 1 saturated carbocycles. The Morgan fingerprint density at radius 2 is 1.67 bits per heavy atom. The van der Waals surface area contributed by atoms with Crippen LogP contribution in [0.15, 0.2) is 54.6 Å². The zero-order valence-electron chi connectivity index (χ0n) is 25.2. The number of methoxy groups -OCH3 is 1. The minimum absolute atomic E-state index is 0.0318. The van der Waals surface area contributed by atoms with Gasteiger partial charge in [0.15, 0.2) is 9.84 Å². The Bertz CT molecular complexity index is 1870. The van der Waals surface area contributed by atoms with E-state index in [1.165, 1.54) is 13.4 Å². The number of rotatable bonds is 10. The molecular formula is C33H33ClF2N2O6S2. The van der Waals surface area contributed by atoms with Crippen LogP contribution in [0.4, 0.5) is 13.6 Å². The molecule has 0 spiro atoms. The van der Waals surface area contributed by atoms with Crippen LogP contribution < -0.4 is 10.1 Å². The SMILES string of the molecule is COc1ccc(-c2ccc(CS(C)(=O)=O)cc2)cc1CN(C(=O)c1sc2c(F)ccc(F)c2c1Cl)C1CCC(CNC(=O)O)CC1. The number of fused-ring (bicyclic) bond motifs is 1. The lowest BCUT2D eigenvalue weighted by Gasteiger charge is -2.37. The maximum Gasteiger partial charge on any atom is 0.404 e. The number of nitrogens with one attached hydrogen (secondary N) is 1. The second kappa shape index (κ2) is 13.9. The van der Waals surface area contributed by atoms with Crippen LogP contribution in [0.2, 0.25) is 5.02 Å². The molecule has 0 aliphatic heterocycles. The predicted octanol–water partition coefficient (Wildman–Crippen LogP) is 7.52. The summed E-state index contributed by atoms with van der Waals surface area (Å²) < 4.78 is 58.5. The highest BCUT2D eigenvalue weighted by Gasteiger charge is 2.33. The third-order valence-corrected chi connectivity index (χ3v) is 10.8. The Balaban J connectivity index is 1.49. The second-order valence-corrected chi connectivity index (χ2v) is 15.1. The monoisotopic (exact) mass is 690 g/mol. The summed E-state index contributed by atoms with van der Waals surface area (Å²) in [7, 11) is -1.66. The largest absolute Gasteiger partial charge is 0.496 e. The van der Waals surface area contributed by atoms with Gasteiger partial charge < -0.3 is 20.1 Å². The van der Waals surface area contributed by atoms with E-state index < -0.39 is 33.5 Å². The van der Waals surface area contributed by atoms with Crippen LogP contribution in [0.25, 0.3) is 21.2 Å². The van der Waals surface area contributed by atoms with Crippen LogP contribution in [0.5, 0.6) is 5.75 Å². The molecule has 244 valence electrons. The van der Waals surface area contributed by atoms with E-state index in [4.69, 9.17) is 21.4 Å². The van der Waals surface area contributed by atoms with E-state index in [2.05, 4.69) is 5.32 Å². The van der Waals surface area contributed by atoms with Crippen LogP contribution in [0.3, 0.4) is 0 Å². The van der Waals surface area contributed by atoms with Crippen molar-refractivity contribution in [2.45, 2.75) is 44.0 Å². The van der Waals surface area contributed by atoms with Gasteiger partial charge in [-0.25, -0.2) is 22.0 Å². The van der Waals surface area contributed by atoms with Crippen LogP contribution in [0, 0.1) is 17.6 Å². The average molecular weight is 691 g/mol. The van der Waals surface area contributed by atoms with Crippen molar-refractivity contribution in [3.05, 3.63) is 87.3 Å². The first-order valence-electron chi connectivity index (χ1n) is 14.6. The van der Waals surface area contributed by atoms with Crippen LogP contribution in [-0.4, -0.2) is 56.4 Å². The van der Waals surface area contributed by atoms with Gasteiger partial charge in [0.25, 0.3) is 5.91 Å². The Labute approximate surface area is 274 Å². The minimum atomic E-state index is -3.19. The van der Waals surface area contributed by atoms with Crippen molar-refractivity contribution in [1.82, 2.24) is 10.2 Å². The van der Waals surface area contributed by atoms with Gasteiger partial charge in [0.2, 0.25) is 0 Å². The molecule has 8 nitrogen and oxygen atoms in total. The zero-order valence-corrected chi connectivity index (χ0v) is 27.6. The minimum Gasteiger partial charge on any atom is -0.496 e. The molecule has 3 aromatic carbocycles. The smallest absolute Gasteiger partial charge is 0.404 e. The summed E-state index contributed by atoms with van der Waals surface area (Å²) in [4.78, 5) is 27.0. The molecule has 4 aromatic rings. The number of carbonyl (C=O) groups is 2. The van der Waals surface area contributed by atoms with Gasteiger partial charge in [-0.15, -0.1) is 11.3 Å². The summed E-state index contributed by atoms with van der Waals surface area (Å²) >= 11 is 7.37. The fraction of sp³-hybridized carbons (Fsp3) is 0.333. The molecule has 0 radical (unpaired) electrons. The first-order chi connectivity index (χ1) is 21.8. The molecule has 2 N–H and O–H groups in total. The molecular weight excluding hydrogens is 658 g/mol. The maximum atomic E-state index is 14.7. The van der Waals surface area contributed by atoms with E-state index >= 15 is 0 Å². The summed E-state index contributed by atoms with van der Waals surface area (Å²) in [5, 5.41) is 11.2. The summed E-state index contributed by atoms with van der Waals surface area (Å²) in [5.74, 6) is -1.27. The van der Waals surface area contributed by atoms with Gasteiger partial charge in [-0.2, -0.15) is 0 Å². The van der Waals surface area contributed by atoms with Gasteiger partial charge >= 0.3 is 6.09 Å². The molecule has 13 heteroatoms. The summed E-state index contributed by atoms with van der Waals surface area (Å²) in [5.41, 5.74) is 3.02. The highest BCUT2D eigenvalue weighted by atomic mass is 35.5. The van der Waals surface area contributed by atoms with Crippen molar-refractivity contribution in [2.75, 3.05) is 19.9 Å².